The molecule has 0 saturated heterocycles. The lowest BCUT2D eigenvalue weighted by Gasteiger charge is -2.17. The van der Waals surface area contributed by atoms with Gasteiger partial charge in [-0.1, -0.05) is 12.1 Å². The predicted molar refractivity (Wildman–Crippen MR) is 106 cm³/mol. The highest BCUT2D eigenvalue weighted by Gasteiger charge is 2.12. The average molecular weight is 364 g/mol. The Kier molecular flexibility index (Phi) is 5.80. The first-order chi connectivity index (χ1) is 13.1. The Morgan fingerprint density at radius 3 is 2.67 bits per heavy atom. The van der Waals surface area contributed by atoms with Crippen molar-refractivity contribution in [2.45, 2.75) is 19.9 Å². The minimum absolute atomic E-state index is 0.00286. The molecule has 0 radical (unpaired) electrons. The third kappa shape index (κ3) is 4.69. The molecule has 2 heterocycles. The predicted octanol–water partition coefficient (Wildman–Crippen LogP) is 2.85. The van der Waals surface area contributed by atoms with Crippen molar-refractivity contribution in [2.24, 2.45) is 0 Å². The van der Waals surface area contributed by atoms with Gasteiger partial charge in [-0.2, -0.15) is 5.10 Å². The second kappa shape index (κ2) is 8.44. The smallest absolute Gasteiger partial charge is 0.253 e. The van der Waals surface area contributed by atoms with Gasteiger partial charge in [-0.3, -0.25) is 9.48 Å². The molecule has 0 aliphatic rings. The second-order valence-electron chi connectivity index (χ2n) is 6.39. The fourth-order valence-corrected chi connectivity index (χ4v) is 2.81. The SMILES string of the molecule is CNc1cc(C)nc(-c2ccc(C(=O)N(C)CCCn3cccn3)cc2)n1. The molecule has 0 aliphatic carbocycles. The molecular weight excluding hydrogens is 340 g/mol. The monoisotopic (exact) mass is 364 g/mol. The molecular formula is C20H24N6O. The molecule has 1 aromatic carbocycles. The van der Waals surface area contributed by atoms with E-state index in [1.807, 2.05) is 68.3 Å². The molecule has 0 bridgehead atoms. The van der Waals surface area contributed by atoms with Crippen molar-refractivity contribution in [3.05, 3.63) is 60.0 Å². The zero-order chi connectivity index (χ0) is 19.2. The van der Waals surface area contributed by atoms with Gasteiger partial charge in [0.25, 0.3) is 5.91 Å². The fraction of sp³-hybridized carbons (Fsp3) is 0.300. The number of nitrogens with one attached hydrogen (secondary N) is 1. The lowest BCUT2D eigenvalue weighted by molar-refractivity contribution is 0.0791. The maximum absolute atomic E-state index is 12.6. The van der Waals surface area contributed by atoms with E-state index >= 15 is 0 Å². The fourth-order valence-electron chi connectivity index (χ4n) is 2.81. The average Bonchev–Trinajstić information content (AvgIpc) is 3.20. The van der Waals surface area contributed by atoms with Crippen LogP contribution in [0.3, 0.4) is 0 Å². The lowest BCUT2D eigenvalue weighted by atomic mass is 10.1. The Morgan fingerprint density at radius 2 is 2.00 bits per heavy atom. The Hall–Kier alpha value is -3.22. The van der Waals surface area contributed by atoms with E-state index in [2.05, 4.69) is 20.4 Å². The number of amides is 1. The molecule has 0 unspecified atom stereocenters. The molecule has 3 rings (SSSR count). The van der Waals surface area contributed by atoms with Crippen LogP contribution in [0.4, 0.5) is 5.82 Å². The van der Waals surface area contributed by atoms with Crippen molar-refractivity contribution in [3.8, 4) is 11.4 Å². The molecule has 7 nitrogen and oxygen atoms in total. The minimum atomic E-state index is 0.00286. The second-order valence-corrected chi connectivity index (χ2v) is 6.39. The van der Waals surface area contributed by atoms with Gasteiger partial charge in [-0.05, 0) is 31.5 Å². The van der Waals surface area contributed by atoms with Gasteiger partial charge in [-0.25, -0.2) is 9.97 Å². The van der Waals surface area contributed by atoms with Crippen LogP contribution in [-0.2, 0) is 6.54 Å². The van der Waals surface area contributed by atoms with E-state index in [4.69, 9.17) is 0 Å². The summed E-state index contributed by atoms with van der Waals surface area (Å²) in [5.41, 5.74) is 2.43. The number of hydrogen-bond donors (Lipinski definition) is 1. The van der Waals surface area contributed by atoms with Gasteiger partial charge in [0.1, 0.15) is 5.82 Å². The largest absolute Gasteiger partial charge is 0.373 e. The van der Waals surface area contributed by atoms with Gasteiger partial charge < -0.3 is 10.2 Å². The maximum Gasteiger partial charge on any atom is 0.253 e. The summed E-state index contributed by atoms with van der Waals surface area (Å²) in [6, 6.07) is 11.2. The topological polar surface area (TPSA) is 75.9 Å². The normalized spacial score (nSPS) is 10.6. The van der Waals surface area contributed by atoms with Crippen molar-refractivity contribution in [1.29, 1.82) is 0 Å². The number of rotatable bonds is 7. The van der Waals surface area contributed by atoms with Gasteiger partial charge >= 0.3 is 0 Å². The Bertz CT molecular complexity index is 889. The Balaban J connectivity index is 1.63. The van der Waals surface area contributed by atoms with Crippen molar-refractivity contribution >= 4 is 11.7 Å². The van der Waals surface area contributed by atoms with E-state index in [1.54, 1.807) is 11.1 Å². The van der Waals surface area contributed by atoms with E-state index in [-0.39, 0.29) is 5.91 Å². The van der Waals surface area contributed by atoms with Crippen LogP contribution in [0, 0.1) is 6.92 Å². The quantitative estimate of drug-likeness (QED) is 0.698. The van der Waals surface area contributed by atoms with Gasteiger partial charge in [-0.15, -0.1) is 0 Å². The molecule has 140 valence electrons. The van der Waals surface area contributed by atoms with Crippen molar-refractivity contribution in [1.82, 2.24) is 24.6 Å². The number of hydrogen-bond acceptors (Lipinski definition) is 5. The Labute approximate surface area is 159 Å². The number of aromatic nitrogens is 4. The first-order valence-corrected chi connectivity index (χ1v) is 8.93. The van der Waals surface area contributed by atoms with E-state index < -0.39 is 0 Å². The van der Waals surface area contributed by atoms with E-state index in [0.29, 0.717) is 17.9 Å². The van der Waals surface area contributed by atoms with E-state index in [0.717, 1.165) is 30.0 Å². The van der Waals surface area contributed by atoms with Crippen LogP contribution in [-0.4, -0.2) is 51.2 Å². The summed E-state index contributed by atoms with van der Waals surface area (Å²) in [4.78, 5) is 23.3. The van der Waals surface area contributed by atoms with Gasteiger partial charge in [0.15, 0.2) is 5.82 Å². The molecule has 0 saturated carbocycles. The summed E-state index contributed by atoms with van der Waals surface area (Å²) in [6.45, 7) is 3.40. The van der Waals surface area contributed by atoms with Crippen LogP contribution in [0.25, 0.3) is 11.4 Å². The van der Waals surface area contributed by atoms with E-state index in [9.17, 15) is 4.79 Å². The van der Waals surface area contributed by atoms with Crippen LogP contribution in [0.1, 0.15) is 22.5 Å². The standard InChI is InChI=1S/C20H24N6O/c1-15-14-18(21-2)24-19(23-15)16-6-8-17(9-7-16)20(27)25(3)11-5-13-26-12-4-10-22-26/h4,6-10,12,14H,5,11,13H2,1-3H3,(H,21,23,24). The molecule has 3 aromatic rings. The van der Waals surface area contributed by atoms with Crippen LogP contribution in [0.2, 0.25) is 0 Å². The highest BCUT2D eigenvalue weighted by Crippen LogP contribution is 2.19. The lowest BCUT2D eigenvalue weighted by Crippen LogP contribution is -2.28. The molecule has 1 N–H and O–H groups in total. The summed E-state index contributed by atoms with van der Waals surface area (Å²) in [5, 5.41) is 7.20. The number of carbonyl (C=O) groups is 1. The highest BCUT2D eigenvalue weighted by molar-refractivity contribution is 5.94. The third-order valence-electron chi connectivity index (χ3n) is 4.29. The first-order valence-electron chi connectivity index (χ1n) is 8.93. The first kappa shape index (κ1) is 18.6. The van der Waals surface area contributed by atoms with Crippen LogP contribution < -0.4 is 5.32 Å². The summed E-state index contributed by atoms with van der Waals surface area (Å²) >= 11 is 0. The summed E-state index contributed by atoms with van der Waals surface area (Å²) in [6.07, 6.45) is 4.53. The highest BCUT2D eigenvalue weighted by atomic mass is 16.2. The van der Waals surface area contributed by atoms with Crippen LogP contribution in [0.15, 0.2) is 48.8 Å². The van der Waals surface area contributed by atoms with Crippen molar-refractivity contribution < 1.29 is 4.79 Å². The molecule has 2 aromatic heterocycles. The molecule has 0 fully saturated rings. The van der Waals surface area contributed by atoms with Crippen LogP contribution in [0.5, 0.6) is 0 Å². The van der Waals surface area contributed by atoms with Crippen molar-refractivity contribution in [2.75, 3.05) is 26.0 Å². The molecule has 27 heavy (non-hydrogen) atoms. The molecule has 0 spiro atoms. The number of aryl methyl sites for hydroxylation is 2. The molecule has 1 amide bonds. The number of nitrogens with zero attached hydrogens (tertiary/aromatic N) is 5. The summed E-state index contributed by atoms with van der Waals surface area (Å²) in [5.74, 6) is 1.42. The number of anilines is 1. The summed E-state index contributed by atoms with van der Waals surface area (Å²) in [7, 11) is 3.65. The third-order valence-corrected chi connectivity index (χ3v) is 4.29. The molecule has 0 atom stereocenters. The summed E-state index contributed by atoms with van der Waals surface area (Å²) < 4.78 is 1.87. The number of carbonyl (C=O) groups excluding carboxylic acids is 1. The number of benzene rings is 1. The zero-order valence-corrected chi connectivity index (χ0v) is 15.9. The molecule has 0 aliphatic heterocycles. The maximum atomic E-state index is 12.6. The van der Waals surface area contributed by atoms with E-state index in [1.165, 1.54) is 0 Å². The Morgan fingerprint density at radius 1 is 1.22 bits per heavy atom. The van der Waals surface area contributed by atoms with Gasteiger partial charge in [0.2, 0.25) is 0 Å². The van der Waals surface area contributed by atoms with Crippen LogP contribution >= 0.6 is 0 Å². The minimum Gasteiger partial charge on any atom is -0.373 e. The van der Waals surface area contributed by atoms with Crippen molar-refractivity contribution in [3.63, 3.8) is 0 Å². The zero-order valence-electron chi connectivity index (χ0n) is 15.9. The molecule has 7 heteroatoms. The van der Waals surface area contributed by atoms with Gasteiger partial charge in [0, 0.05) is 62.5 Å². The van der Waals surface area contributed by atoms with Gasteiger partial charge in [0.05, 0.1) is 0 Å².